The van der Waals surface area contributed by atoms with Crippen LogP contribution in [0.2, 0.25) is 0 Å². The fourth-order valence-corrected chi connectivity index (χ4v) is 1.31. The van der Waals surface area contributed by atoms with E-state index in [-0.39, 0.29) is 0 Å². The molecule has 0 aliphatic rings. The predicted octanol–water partition coefficient (Wildman–Crippen LogP) is 2.99. The Bertz CT molecular complexity index is 287. The van der Waals surface area contributed by atoms with Crippen LogP contribution in [0.4, 0.5) is 0 Å². The highest BCUT2D eigenvalue weighted by molar-refractivity contribution is 5.57. The molecule has 0 aliphatic carbocycles. The summed E-state index contributed by atoms with van der Waals surface area (Å²) in [5, 5.41) is 9.48. The lowest BCUT2D eigenvalue weighted by molar-refractivity contribution is 0.468. The van der Waals surface area contributed by atoms with Crippen LogP contribution in [-0.2, 0) is 6.42 Å². The van der Waals surface area contributed by atoms with E-state index >= 15 is 0 Å². The van der Waals surface area contributed by atoms with Crippen LogP contribution in [0, 0.1) is 0 Å². The molecular weight excluding hydrogens is 148 g/mol. The van der Waals surface area contributed by atoms with Gasteiger partial charge in [-0.1, -0.05) is 31.2 Å². The van der Waals surface area contributed by atoms with Gasteiger partial charge in [-0.2, -0.15) is 0 Å². The highest BCUT2D eigenvalue weighted by Gasteiger charge is 2.01. The molecule has 1 N–H and O–H groups in total. The molecule has 0 amide bonds. The zero-order valence-corrected chi connectivity index (χ0v) is 7.54. The second kappa shape index (κ2) is 3.96. The van der Waals surface area contributed by atoms with Gasteiger partial charge in [0.1, 0.15) is 5.75 Å². The van der Waals surface area contributed by atoms with Crippen molar-refractivity contribution in [1.29, 1.82) is 0 Å². The Morgan fingerprint density at radius 2 is 2.17 bits per heavy atom. The number of rotatable bonds is 2. The molecular formula is C11H14O. The quantitative estimate of drug-likeness (QED) is 0.708. The zero-order chi connectivity index (χ0) is 8.97. The highest BCUT2D eigenvalue weighted by Crippen LogP contribution is 2.22. The van der Waals surface area contributed by atoms with E-state index in [1.165, 1.54) is 0 Å². The van der Waals surface area contributed by atoms with E-state index < -0.39 is 0 Å². The van der Waals surface area contributed by atoms with Crippen LogP contribution < -0.4 is 0 Å². The summed E-state index contributed by atoms with van der Waals surface area (Å²) in [6.45, 7) is 4.02. The molecule has 0 unspecified atom stereocenters. The van der Waals surface area contributed by atoms with Gasteiger partial charge >= 0.3 is 0 Å². The number of phenolic OH excluding ortho intramolecular Hbond substituents is 1. The third kappa shape index (κ3) is 1.67. The first-order valence-corrected chi connectivity index (χ1v) is 4.23. The van der Waals surface area contributed by atoms with Crippen molar-refractivity contribution in [3.05, 3.63) is 35.4 Å². The molecule has 64 valence electrons. The summed E-state index contributed by atoms with van der Waals surface area (Å²) in [4.78, 5) is 0. The topological polar surface area (TPSA) is 20.2 Å². The van der Waals surface area contributed by atoms with Gasteiger partial charge in [-0.15, -0.1) is 0 Å². The number of aromatic hydroxyl groups is 1. The van der Waals surface area contributed by atoms with Crippen LogP contribution in [0.1, 0.15) is 25.0 Å². The molecule has 12 heavy (non-hydrogen) atoms. The van der Waals surface area contributed by atoms with E-state index in [0.717, 1.165) is 17.5 Å². The molecule has 0 saturated carbocycles. The van der Waals surface area contributed by atoms with Crippen LogP contribution in [0.25, 0.3) is 6.08 Å². The molecule has 0 aromatic heterocycles. The van der Waals surface area contributed by atoms with Crippen LogP contribution in [0.15, 0.2) is 24.3 Å². The van der Waals surface area contributed by atoms with E-state index in [0.29, 0.717) is 5.75 Å². The van der Waals surface area contributed by atoms with Gasteiger partial charge in [0, 0.05) is 5.56 Å². The van der Waals surface area contributed by atoms with E-state index in [1.54, 1.807) is 6.07 Å². The van der Waals surface area contributed by atoms with Crippen molar-refractivity contribution < 1.29 is 5.11 Å². The summed E-state index contributed by atoms with van der Waals surface area (Å²) in [5.74, 6) is 0.396. The van der Waals surface area contributed by atoms with Crippen molar-refractivity contribution in [2.24, 2.45) is 0 Å². The van der Waals surface area contributed by atoms with Crippen molar-refractivity contribution in [2.75, 3.05) is 0 Å². The van der Waals surface area contributed by atoms with Gasteiger partial charge in [-0.3, -0.25) is 0 Å². The zero-order valence-electron chi connectivity index (χ0n) is 7.54. The molecule has 1 aromatic carbocycles. The number of allylic oxidation sites excluding steroid dienone is 1. The standard InChI is InChI=1S/C11H14O/c1-3-6-9-7-5-8-11(12)10(9)4-2/h3,5-8,12H,4H2,1-2H3/b6-3-. The molecule has 0 radical (unpaired) electrons. The van der Waals surface area contributed by atoms with E-state index in [2.05, 4.69) is 0 Å². The van der Waals surface area contributed by atoms with Crippen LogP contribution in [0.5, 0.6) is 5.75 Å². The fourth-order valence-electron chi connectivity index (χ4n) is 1.31. The van der Waals surface area contributed by atoms with Crippen molar-refractivity contribution in [1.82, 2.24) is 0 Å². The van der Waals surface area contributed by atoms with Gasteiger partial charge in [0.15, 0.2) is 0 Å². The summed E-state index contributed by atoms with van der Waals surface area (Å²) >= 11 is 0. The lowest BCUT2D eigenvalue weighted by atomic mass is 10.0. The molecule has 0 atom stereocenters. The first-order chi connectivity index (χ1) is 5.79. The Hall–Kier alpha value is -1.24. The Kier molecular flexibility index (Phi) is 2.92. The first-order valence-electron chi connectivity index (χ1n) is 4.23. The van der Waals surface area contributed by atoms with Gasteiger partial charge < -0.3 is 5.11 Å². The largest absolute Gasteiger partial charge is 0.508 e. The average molecular weight is 162 g/mol. The molecule has 1 nitrogen and oxygen atoms in total. The molecule has 0 fully saturated rings. The maximum atomic E-state index is 9.48. The van der Waals surface area contributed by atoms with E-state index in [1.807, 2.05) is 38.1 Å². The molecule has 0 aliphatic heterocycles. The summed E-state index contributed by atoms with van der Waals surface area (Å²) < 4.78 is 0. The Morgan fingerprint density at radius 1 is 1.42 bits per heavy atom. The maximum Gasteiger partial charge on any atom is 0.119 e. The normalized spacial score (nSPS) is 10.8. The number of phenols is 1. The van der Waals surface area contributed by atoms with E-state index in [9.17, 15) is 5.11 Å². The molecule has 1 rings (SSSR count). The SMILES string of the molecule is C/C=C\c1cccc(O)c1CC. The van der Waals surface area contributed by atoms with Gasteiger partial charge in [0.2, 0.25) is 0 Å². The maximum absolute atomic E-state index is 9.48. The number of benzene rings is 1. The third-order valence-corrected chi connectivity index (χ3v) is 1.89. The molecule has 0 bridgehead atoms. The lowest BCUT2D eigenvalue weighted by Crippen LogP contribution is -1.86. The van der Waals surface area contributed by atoms with Crippen molar-refractivity contribution in [2.45, 2.75) is 20.3 Å². The molecule has 0 spiro atoms. The Labute approximate surface area is 73.4 Å². The van der Waals surface area contributed by atoms with Crippen molar-refractivity contribution in [3.63, 3.8) is 0 Å². The van der Waals surface area contributed by atoms with Gasteiger partial charge in [0.25, 0.3) is 0 Å². The highest BCUT2D eigenvalue weighted by atomic mass is 16.3. The smallest absolute Gasteiger partial charge is 0.119 e. The van der Waals surface area contributed by atoms with Crippen molar-refractivity contribution in [3.8, 4) is 5.75 Å². The van der Waals surface area contributed by atoms with Crippen molar-refractivity contribution >= 4 is 6.08 Å². The van der Waals surface area contributed by atoms with Crippen LogP contribution >= 0.6 is 0 Å². The number of hydrogen-bond donors (Lipinski definition) is 1. The molecule has 0 heterocycles. The lowest BCUT2D eigenvalue weighted by Gasteiger charge is -2.04. The number of hydrogen-bond acceptors (Lipinski definition) is 1. The minimum atomic E-state index is 0.396. The van der Waals surface area contributed by atoms with Crippen LogP contribution in [0.3, 0.4) is 0 Å². The van der Waals surface area contributed by atoms with Gasteiger partial charge in [-0.05, 0) is 25.0 Å². The summed E-state index contributed by atoms with van der Waals surface area (Å²) in [6.07, 6.45) is 4.86. The molecule has 0 saturated heterocycles. The van der Waals surface area contributed by atoms with Crippen LogP contribution in [-0.4, -0.2) is 5.11 Å². The fraction of sp³-hybridized carbons (Fsp3) is 0.273. The monoisotopic (exact) mass is 162 g/mol. The van der Waals surface area contributed by atoms with Gasteiger partial charge in [-0.25, -0.2) is 0 Å². The van der Waals surface area contributed by atoms with Gasteiger partial charge in [0.05, 0.1) is 0 Å². The Morgan fingerprint density at radius 3 is 2.75 bits per heavy atom. The first kappa shape index (κ1) is 8.85. The third-order valence-electron chi connectivity index (χ3n) is 1.89. The summed E-state index contributed by atoms with van der Waals surface area (Å²) in [7, 11) is 0. The second-order valence-corrected chi connectivity index (χ2v) is 2.70. The average Bonchev–Trinajstić information content (AvgIpc) is 2.05. The molecule has 1 heteroatoms. The molecule has 1 aromatic rings. The Balaban J connectivity index is 3.18. The predicted molar refractivity (Wildman–Crippen MR) is 52.2 cm³/mol. The minimum absolute atomic E-state index is 0.396. The summed E-state index contributed by atoms with van der Waals surface area (Å²) in [6, 6.07) is 5.61. The van der Waals surface area contributed by atoms with E-state index in [4.69, 9.17) is 0 Å². The minimum Gasteiger partial charge on any atom is -0.508 e. The summed E-state index contributed by atoms with van der Waals surface area (Å²) in [5.41, 5.74) is 2.13. The second-order valence-electron chi connectivity index (χ2n) is 2.70.